The van der Waals surface area contributed by atoms with Gasteiger partial charge in [0.2, 0.25) is 0 Å². The van der Waals surface area contributed by atoms with Crippen molar-refractivity contribution in [1.82, 2.24) is 5.32 Å². The molecule has 1 aromatic carbocycles. The number of hydrogen-bond donors (Lipinski definition) is 2. The summed E-state index contributed by atoms with van der Waals surface area (Å²) in [5, 5.41) is 11.6. The lowest BCUT2D eigenvalue weighted by molar-refractivity contribution is 0.0923. The first-order chi connectivity index (χ1) is 8.29. The highest BCUT2D eigenvalue weighted by Crippen LogP contribution is 2.05. The molecule has 0 saturated heterocycles. The van der Waals surface area contributed by atoms with Crippen LogP contribution in [0, 0.1) is 0 Å². The maximum Gasteiger partial charge on any atom is 0.287 e. The number of carbonyl (C=O) groups is 1. The van der Waals surface area contributed by atoms with Crippen molar-refractivity contribution >= 4 is 5.91 Å². The lowest BCUT2D eigenvalue weighted by Gasteiger charge is -2.04. The molecule has 0 aliphatic rings. The van der Waals surface area contributed by atoms with E-state index >= 15 is 0 Å². The summed E-state index contributed by atoms with van der Waals surface area (Å²) < 4.78 is 4.98. The van der Waals surface area contributed by atoms with E-state index in [1.165, 1.54) is 6.26 Å². The van der Waals surface area contributed by atoms with Crippen LogP contribution in [0.4, 0.5) is 0 Å². The van der Waals surface area contributed by atoms with E-state index in [1.54, 1.807) is 12.1 Å². The fraction of sp³-hybridized carbons (Fsp3) is 0.154. The van der Waals surface area contributed by atoms with E-state index < -0.39 is 0 Å². The van der Waals surface area contributed by atoms with Crippen LogP contribution in [0.25, 0.3) is 0 Å². The van der Waals surface area contributed by atoms with Crippen molar-refractivity contribution in [2.75, 3.05) is 0 Å². The van der Waals surface area contributed by atoms with Gasteiger partial charge in [0.25, 0.3) is 5.91 Å². The van der Waals surface area contributed by atoms with Gasteiger partial charge in [0, 0.05) is 6.54 Å². The molecule has 1 amide bonds. The largest absolute Gasteiger partial charge is 0.459 e. The molecule has 0 aliphatic heterocycles. The van der Waals surface area contributed by atoms with Crippen molar-refractivity contribution in [3.8, 4) is 0 Å². The molecule has 0 aliphatic carbocycles. The quantitative estimate of drug-likeness (QED) is 0.841. The number of nitrogens with one attached hydrogen (secondary N) is 1. The van der Waals surface area contributed by atoms with Crippen LogP contribution >= 0.6 is 0 Å². The zero-order valence-corrected chi connectivity index (χ0v) is 9.22. The molecule has 88 valence electrons. The third-order valence-corrected chi connectivity index (χ3v) is 2.40. The molecule has 2 N–H and O–H groups in total. The maximum atomic E-state index is 11.6. The zero-order valence-electron chi connectivity index (χ0n) is 9.22. The third-order valence-electron chi connectivity index (χ3n) is 2.40. The normalized spacial score (nSPS) is 10.2. The van der Waals surface area contributed by atoms with Gasteiger partial charge in [-0.1, -0.05) is 24.3 Å². The Kier molecular flexibility index (Phi) is 3.57. The van der Waals surface area contributed by atoms with Gasteiger partial charge in [-0.25, -0.2) is 0 Å². The highest BCUT2D eigenvalue weighted by Gasteiger charge is 2.07. The average molecular weight is 231 g/mol. The predicted molar refractivity (Wildman–Crippen MR) is 62.2 cm³/mol. The number of aliphatic hydroxyl groups excluding tert-OH is 1. The van der Waals surface area contributed by atoms with E-state index in [1.807, 2.05) is 24.3 Å². The molecule has 0 unspecified atom stereocenters. The third kappa shape index (κ3) is 2.95. The van der Waals surface area contributed by atoms with E-state index in [9.17, 15) is 4.79 Å². The standard InChI is InChI=1S/C13H13NO3/c15-9-11-5-3-10(4-6-11)8-14-13(16)12-2-1-7-17-12/h1-7,15H,8-9H2,(H,14,16). The predicted octanol–water partition coefficient (Wildman–Crippen LogP) is 1.70. The zero-order chi connectivity index (χ0) is 12.1. The number of rotatable bonds is 4. The molecule has 0 saturated carbocycles. The Labute approximate surface area is 98.9 Å². The second kappa shape index (κ2) is 5.32. The average Bonchev–Trinajstić information content (AvgIpc) is 2.90. The van der Waals surface area contributed by atoms with Gasteiger partial charge in [-0.2, -0.15) is 0 Å². The maximum absolute atomic E-state index is 11.6. The van der Waals surface area contributed by atoms with Crippen molar-refractivity contribution in [3.05, 3.63) is 59.5 Å². The van der Waals surface area contributed by atoms with Crippen LogP contribution in [0.5, 0.6) is 0 Å². The molecule has 0 fully saturated rings. The molecule has 4 nitrogen and oxygen atoms in total. The van der Waals surface area contributed by atoms with Crippen LogP contribution in [0.2, 0.25) is 0 Å². The smallest absolute Gasteiger partial charge is 0.287 e. The molecule has 1 heterocycles. The van der Waals surface area contributed by atoms with Gasteiger partial charge >= 0.3 is 0 Å². The molecule has 0 atom stereocenters. The van der Waals surface area contributed by atoms with Crippen molar-refractivity contribution < 1.29 is 14.3 Å². The molecular weight excluding hydrogens is 218 g/mol. The Bertz CT molecular complexity index is 474. The fourth-order valence-corrected chi connectivity index (χ4v) is 1.44. The van der Waals surface area contributed by atoms with E-state index in [0.29, 0.717) is 12.3 Å². The molecule has 2 rings (SSSR count). The first kappa shape index (κ1) is 11.4. The molecule has 0 spiro atoms. The first-order valence-corrected chi connectivity index (χ1v) is 5.30. The van der Waals surface area contributed by atoms with E-state index in [4.69, 9.17) is 9.52 Å². The van der Waals surface area contributed by atoms with Gasteiger partial charge < -0.3 is 14.8 Å². The minimum absolute atomic E-state index is 0.0268. The van der Waals surface area contributed by atoms with Gasteiger partial charge in [-0.3, -0.25) is 4.79 Å². The Morgan fingerprint density at radius 3 is 2.47 bits per heavy atom. The van der Waals surface area contributed by atoms with Crippen LogP contribution in [0.3, 0.4) is 0 Å². The van der Waals surface area contributed by atoms with Crippen molar-refractivity contribution in [2.45, 2.75) is 13.2 Å². The summed E-state index contributed by atoms with van der Waals surface area (Å²) in [5.74, 6) is 0.0678. The van der Waals surface area contributed by atoms with Crippen molar-refractivity contribution in [1.29, 1.82) is 0 Å². The van der Waals surface area contributed by atoms with Crippen LogP contribution < -0.4 is 5.32 Å². The summed E-state index contributed by atoms with van der Waals surface area (Å²) in [6.45, 7) is 0.463. The lowest BCUT2D eigenvalue weighted by atomic mass is 10.1. The van der Waals surface area contributed by atoms with Gasteiger partial charge in [0.1, 0.15) is 0 Å². The number of furan rings is 1. The van der Waals surface area contributed by atoms with Crippen LogP contribution in [-0.4, -0.2) is 11.0 Å². The highest BCUT2D eigenvalue weighted by molar-refractivity contribution is 5.91. The van der Waals surface area contributed by atoms with Gasteiger partial charge in [0.15, 0.2) is 5.76 Å². The van der Waals surface area contributed by atoms with Gasteiger partial charge in [-0.15, -0.1) is 0 Å². The van der Waals surface area contributed by atoms with Gasteiger partial charge in [0.05, 0.1) is 12.9 Å². The fourth-order valence-electron chi connectivity index (χ4n) is 1.44. The molecular formula is C13H13NO3. The Balaban J connectivity index is 1.91. The van der Waals surface area contributed by atoms with Gasteiger partial charge in [-0.05, 0) is 23.3 Å². The molecule has 0 bridgehead atoms. The summed E-state index contributed by atoms with van der Waals surface area (Å²) in [4.78, 5) is 11.6. The monoisotopic (exact) mass is 231 g/mol. The summed E-state index contributed by atoms with van der Waals surface area (Å²) in [7, 11) is 0. The Hall–Kier alpha value is -2.07. The van der Waals surface area contributed by atoms with E-state index in [2.05, 4.69) is 5.32 Å². The number of hydrogen-bond acceptors (Lipinski definition) is 3. The summed E-state index contributed by atoms with van der Waals surface area (Å²) in [6, 6.07) is 10.7. The first-order valence-electron chi connectivity index (χ1n) is 5.30. The minimum atomic E-state index is -0.235. The van der Waals surface area contributed by atoms with Crippen LogP contribution in [0.1, 0.15) is 21.7 Å². The second-order valence-electron chi connectivity index (χ2n) is 3.63. The SMILES string of the molecule is O=C(NCc1ccc(CO)cc1)c1ccco1. The summed E-state index contributed by atoms with van der Waals surface area (Å²) in [5.41, 5.74) is 1.83. The molecule has 4 heteroatoms. The highest BCUT2D eigenvalue weighted by atomic mass is 16.3. The number of amides is 1. The summed E-state index contributed by atoms with van der Waals surface area (Å²) >= 11 is 0. The number of aliphatic hydroxyl groups is 1. The molecule has 1 aromatic heterocycles. The topological polar surface area (TPSA) is 62.5 Å². The lowest BCUT2D eigenvalue weighted by Crippen LogP contribution is -2.22. The summed E-state index contributed by atoms with van der Waals surface area (Å²) in [6.07, 6.45) is 1.46. The molecule has 17 heavy (non-hydrogen) atoms. The Morgan fingerprint density at radius 2 is 1.88 bits per heavy atom. The van der Waals surface area contributed by atoms with Crippen molar-refractivity contribution in [2.24, 2.45) is 0 Å². The number of carbonyl (C=O) groups excluding carboxylic acids is 1. The second-order valence-corrected chi connectivity index (χ2v) is 3.63. The van der Waals surface area contributed by atoms with Crippen molar-refractivity contribution in [3.63, 3.8) is 0 Å². The number of benzene rings is 1. The minimum Gasteiger partial charge on any atom is -0.459 e. The van der Waals surface area contributed by atoms with E-state index in [0.717, 1.165) is 11.1 Å². The Morgan fingerprint density at radius 1 is 1.18 bits per heavy atom. The van der Waals surface area contributed by atoms with Crippen LogP contribution in [0.15, 0.2) is 47.1 Å². The molecule has 2 aromatic rings. The van der Waals surface area contributed by atoms with Crippen LogP contribution in [-0.2, 0) is 13.2 Å². The van der Waals surface area contributed by atoms with E-state index in [-0.39, 0.29) is 12.5 Å². The molecule has 0 radical (unpaired) electrons.